The van der Waals surface area contributed by atoms with Gasteiger partial charge in [0.15, 0.2) is 0 Å². The highest BCUT2D eigenvalue weighted by atomic mass is 16.2. The average Bonchev–Trinajstić information content (AvgIpc) is 3.21. The molecule has 0 spiro atoms. The molecule has 0 bridgehead atoms. The van der Waals surface area contributed by atoms with Gasteiger partial charge in [-0.05, 0) is 43.4 Å². The Bertz CT molecular complexity index is 354. The van der Waals surface area contributed by atoms with Crippen LogP contribution < -0.4 is 5.32 Å². The van der Waals surface area contributed by atoms with E-state index in [-0.39, 0.29) is 6.03 Å². The minimum Gasteiger partial charge on any atom is -0.337 e. The fourth-order valence-electron chi connectivity index (χ4n) is 2.44. The van der Waals surface area contributed by atoms with Gasteiger partial charge in [0.1, 0.15) is 6.33 Å². The molecule has 1 N–H and O–H groups in total. The Morgan fingerprint density at radius 3 is 2.56 bits per heavy atom. The van der Waals surface area contributed by atoms with E-state index in [0.717, 1.165) is 24.3 Å². The second kappa shape index (κ2) is 3.92. The molecule has 2 saturated carbocycles. The summed E-state index contributed by atoms with van der Waals surface area (Å²) in [6.07, 6.45) is 10.3. The van der Waals surface area contributed by atoms with Crippen LogP contribution in [0, 0.1) is 17.8 Å². The summed E-state index contributed by atoms with van der Waals surface area (Å²) in [6.45, 7) is 0.840. The topological polar surface area (TPSA) is 46.9 Å². The lowest BCUT2D eigenvalue weighted by Crippen LogP contribution is -2.33. The summed E-state index contributed by atoms with van der Waals surface area (Å²) in [5.74, 6) is 2.50. The van der Waals surface area contributed by atoms with Gasteiger partial charge in [0.05, 0.1) is 0 Å². The van der Waals surface area contributed by atoms with E-state index < -0.39 is 0 Å². The SMILES string of the molecule is O=C(NCC(C1CC1)C1CC1)n1ccnc1. The van der Waals surface area contributed by atoms with Crippen molar-refractivity contribution in [3.05, 3.63) is 18.7 Å². The Balaban J connectivity index is 1.53. The Morgan fingerprint density at radius 2 is 2.06 bits per heavy atom. The maximum atomic E-state index is 11.7. The number of carbonyl (C=O) groups excluding carboxylic acids is 1. The van der Waals surface area contributed by atoms with Crippen LogP contribution >= 0.6 is 0 Å². The first-order chi connectivity index (χ1) is 7.84. The summed E-state index contributed by atoms with van der Waals surface area (Å²) >= 11 is 0. The molecule has 16 heavy (non-hydrogen) atoms. The van der Waals surface area contributed by atoms with E-state index in [2.05, 4.69) is 10.3 Å². The highest BCUT2D eigenvalue weighted by molar-refractivity contribution is 5.76. The lowest BCUT2D eigenvalue weighted by molar-refractivity contribution is 0.238. The van der Waals surface area contributed by atoms with E-state index in [1.807, 2.05) is 0 Å². The first-order valence-electron chi connectivity index (χ1n) is 6.11. The van der Waals surface area contributed by atoms with Crippen molar-refractivity contribution in [3.63, 3.8) is 0 Å². The molecule has 0 aromatic carbocycles. The molecule has 1 aromatic heterocycles. The average molecular weight is 219 g/mol. The van der Waals surface area contributed by atoms with Crippen LogP contribution in [0.25, 0.3) is 0 Å². The van der Waals surface area contributed by atoms with Crippen molar-refractivity contribution in [2.75, 3.05) is 6.54 Å². The predicted molar refractivity (Wildman–Crippen MR) is 60.0 cm³/mol. The van der Waals surface area contributed by atoms with Crippen LogP contribution in [0.3, 0.4) is 0 Å². The molecule has 86 valence electrons. The van der Waals surface area contributed by atoms with Gasteiger partial charge in [-0.15, -0.1) is 0 Å². The Kier molecular flexibility index (Phi) is 2.42. The smallest absolute Gasteiger partial charge is 0.326 e. The molecular weight excluding hydrogens is 202 g/mol. The zero-order chi connectivity index (χ0) is 11.0. The summed E-state index contributed by atoms with van der Waals surface area (Å²) in [6, 6.07) is -0.0520. The summed E-state index contributed by atoms with van der Waals surface area (Å²) in [5, 5.41) is 3.01. The van der Waals surface area contributed by atoms with Crippen LogP contribution in [0.15, 0.2) is 18.7 Å². The minimum atomic E-state index is -0.0520. The van der Waals surface area contributed by atoms with Gasteiger partial charge in [0, 0.05) is 18.9 Å². The molecule has 0 atom stereocenters. The van der Waals surface area contributed by atoms with Crippen molar-refractivity contribution in [1.29, 1.82) is 0 Å². The second-order valence-corrected chi connectivity index (χ2v) is 4.99. The van der Waals surface area contributed by atoms with Crippen molar-refractivity contribution in [1.82, 2.24) is 14.9 Å². The van der Waals surface area contributed by atoms with Crippen LogP contribution in [-0.2, 0) is 0 Å². The molecule has 2 aliphatic rings. The Morgan fingerprint density at radius 1 is 1.38 bits per heavy atom. The van der Waals surface area contributed by atoms with E-state index in [9.17, 15) is 4.79 Å². The molecule has 2 fully saturated rings. The minimum absolute atomic E-state index is 0.0520. The van der Waals surface area contributed by atoms with Gasteiger partial charge in [0.25, 0.3) is 0 Å². The van der Waals surface area contributed by atoms with Crippen LogP contribution in [0.4, 0.5) is 4.79 Å². The molecule has 1 amide bonds. The zero-order valence-electron chi connectivity index (χ0n) is 9.30. The van der Waals surface area contributed by atoms with Crippen molar-refractivity contribution < 1.29 is 4.79 Å². The highest BCUT2D eigenvalue weighted by Crippen LogP contribution is 2.48. The van der Waals surface area contributed by atoms with Crippen LogP contribution in [0.1, 0.15) is 25.7 Å². The van der Waals surface area contributed by atoms with E-state index >= 15 is 0 Å². The third-order valence-electron chi connectivity index (χ3n) is 3.68. The van der Waals surface area contributed by atoms with Gasteiger partial charge >= 0.3 is 6.03 Å². The number of nitrogens with one attached hydrogen (secondary N) is 1. The Hall–Kier alpha value is -1.32. The summed E-state index contributed by atoms with van der Waals surface area (Å²) in [5.41, 5.74) is 0. The number of rotatable bonds is 4. The number of amides is 1. The molecule has 0 saturated heterocycles. The predicted octanol–water partition coefficient (Wildman–Crippen LogP) is 1.88. The number of imidazole rings is 1. The van der Waals surface area contributed by atoms with Gasteiger partial charge < -0.3 is 5.32 Å². The van der Waals surface area contributed by atoms with Gasteiger partial charge in [0.2, 0.25) is 0 Å². The summed E-state index contributed by atoms with van der Waals surface area (Å²) in [4.78, 5) is 15.6. The third-order valence-corrected chi connectivity index (χ3v) is 3.68. The molecule has 0 aliphatic heterocycles. The molecule has 2 aliphatic carbocycles. The molecular formula is C12H17N3O. The summed E-state index contributed by atoms with van der Waals surface area (Å²) < 4.78 is 1.50. The van der Waals surface area contributed by atoms with E-state index in [1.165, 1.54) is 30.3 Å². The van der Waals surface area contributed by atoms with Gasteiger partial charge in [-0.2, -0.15) is 0 Å². The largest absolute Gasteiger partial charge is 0.337 e. The van der Waals surface area contributed by atoms with Crippen LogP contribution in [0.5, 0.6) is 0 Å². The van der Waals surface area contributed by atoms with Crippen molar-refractivity contribution in [2.45, 2.75) is 25.7 Å². The first kappa shape index (κ1) is 9.87. The van der Waals surface area contributed by atoms with E-state index in [0.29, 0.717) is 0 Å². The van der Waals surface area contributed by atoms with Gasteiger partial charge in [-0.3, -0.25) is 4.57 Å². The molecule has 1 heterocycles. The molecule has 1 aromatic rings. The van der Waals surface area contributed by atoms with Crippen LogP contribution in [-0.4, -0.2) is 22.1 Å². The Labute approximate surface area is 95.1 Å². The molecule has 4 heteroatoms. The lowest BCUT2D eigenvalue weighted by Gasteiger charge is -2.16. The molecule has 0 radical (unpaired) electrons. The standard InChI is InChI=1S/C12H17N3O/c16-12(15-6-5-13-8-15)14-7-11(9-1-2-9)10-3-4-10/h5-6,8-11H,1-4,7H2,(H,14,16). The molecule has 3 rings (SSSR count). The number of hydrogen-bond acceptors (Lipinski definition) is 2. The second-order valence-electron chi connectivity index (χ2n) is 4.99. The normalized spacial score (nSPS) is 20.1. The van der Waals surface area contributed by atoms with Gasteiger partial charge in [-0.1, -0.05) is 0 Å². The fourth-order valence-corrected chi connectivity index (χ4v) is 2.44. The number of aromatic nitrogens is 2. The number of nitrogens with zero attached hydrogens (tertiary/aromatic N) is 2. The lowest BCUT2D eigenvalue weighted by atomic mass is 9.98. The van der Waals surface area contributed by atoms with E-state index in [4.69, 9.17) is 0 Å². The monoisotopic (exact) mass is 219 g/mol. The molecule has 0 unspecified atom stereocenters. The quantitative estimate of drug-likeness (QED) is 0.840. The summed E-state index contributed by atoms with van der Waals surface area (Å²) in [7, 11) is 0. The van der Waals surface area contributed by atoms with Crippen molar-refractivity contribution in [2.24, 2.45) is 17.8 Å². The fraction of sp³-hybridized carbons (Fsp3) is 0.667. The highest BCUT2D eigenvalue weighted by Gasteiger charge is 2.41. The van der Waals surface area contributed by atoms with Crippen molar-refractivity contribution in [3.8, 4) is 0 Å². The number of carbonyl (C=O) groups is 1. The maximum absolute atomic E-state index is 11.7. The zero-order valence-corrected chi connectivity index (χ0v) is 9.30. The van der Waals surface area contributed by atoms with E-state index in [1.54, 1.807) is 18.7 Å². The third kappa shape index (κ3) is 2.10. The molecule has 4 nitrogen and oxygen atoms in total. The maximum Gasteiger partial charge on any atom is 0.326 e. The number of hydrogen-bond donors (Lipinski definition) is 1. The van der Waals surface area contributed by atoms with Crippen molar-refractivity contribution >= 4 is 6.03 Å². The van der Waals surface area contributed by atoms with Gasteiger partial charge in [-0.25, -0.2) is 9.78 Å². The van der Waals surface area contributed by atoms with Crippen LogP contribution in [0.2, 0.25) is 0 Å². The first-order valence-corrected chi connectivity index (χ1v) is 6.11.